The molecule has 1 N–H and O–H groups in total. The molecule has 0 bridgehead atoms. The van der Waals surface area contributed by atoms with Gasteiger partial charge in [0.2, 0.25) is 5.91 Å². The molecule has 1 heterocycles. The van der Waals surface area contributed by atoms with Crippen molar-refractivity contribution < 1.29 is 18.7 Å². The highest BCUT2D eigenvalue weighted by Gasteiger charge is 2.44. The molecule has 1 aromatic heterocycles. The zero-order valence-electron chi connectivity index (χ0n) is 15.9. The Morgan fingerprint density at radius 2 is 1.86 bits per heavy atom. The van der Waals surface area contributed by atoms with Gasteiger partial charge in [0.15, 0.2) is 0 Å². The first-order valence-electron chi connectivity index (χ1n) is 9.48. The van der Waals surface area contributed by atoms with Crippen molar-refractivity contribution in [3.05, 3.63) is 76.9 Å². The Hall–Kier alpha value is -2.99. The molecule has 0 aliphatic heterocycles. The van der Waals surface area contributed by atoms with Crippen molar-refractivity contribution in [1.29, 1.82) is 0 Å². The maximum absolute atomic E-state index is 13.3. The van der Waals surface area contributed by atoms with Crippen LogP contribution in [0.5, 0.6) is 0 Å². The minimum Gasteiger partial charge on any atom is -0.462 e. The summed E-state index contributed by atoms with van der Waals surface area (Å²) in [6.45, 7) is 1.96. The van der Waals surface area contributed by atoms with Gasteiger partial charge in [-0.3, -0.25) is 4.79 Å². The normalized spacial score (nSPS) is 17.6. The summed E-state index contributed by atoms with van der Waals surface area (Å²) in [4.78, 5) is 25.4. The van der Waals surface area contributed by atoms with Crippen molar-refractivity contribution in [3.8, 4) is 11.1 Å². The number of benzene rings is 2. The van der Waals surface area contributed by atoms with Gasteiger partial charge in [0.05, 0.1) is 6.61 Å². The van der Waals surface area contributed by atoms with Crippen LogP contribution in [0.15, 0.2) is 60.0 Å². The third-order valence-corrected chi connectivity index (χ3v) is 5.91. The van der Waals surface area contributed by atoms with Crippen molar-refractivity contribution in [2.24, 2.45) is 5.92 Å². The van der Waals surface area contributed by atoms with Gasteiger partial charge in [0.1, 0.15) is 16.4 Å². The maximum Gasteiger partial charge on any atom is 0.341 e. The third-order valence-electron chi connectivity index (χ3n) is 5.02. The van der Waals surface area contributed by atoms with Gasteiger partial charge in [-0.05, 0) is 42.5 Å². The quantitative estimate of drug-likeness (QED) is 0.549. The summed E-state index contributed by atoms with van der Waals surface area (Å²) < 4.78 is 18.5. The molecule has 29 heavy (non-hydrogen) atoms. The Kier molecular flexibility index (Phi) is 5.45. The van der Waals surface area contributed by atoms with E-state index in [1.54, 1.807) is 24.4 Å². The molecule has 1 aliphatic carbocycles. The van der Waals surface area contributed by atoms with E-state index < -0.39 is 5.97 Å². The summed E-state index contributed by atoms with van der Waals surface area (Å²) in [6.07, 6.45) is 0.792. The number of carbonyl (C=O) groups excluding carboxylic acids is 2. The number of carbonyl (C=O) groups is 2. The van der Waals surface area contributed by atoms with Crippen LogP contribution in [0.4, 0.5) is 9.39 Å². The minimum absolute atomic E-state index is 0.100. The van der Waals surface area contributed by atoms with Crippen LogP contribution in [-0.2, 0) is 9.53 Å². The molecule has 1 aliphatic rings. The summed E-state index contributed by atoms with van der Waals surface area (Å²) in [5.41, 5.74) is 2.78. The first-order valence-corrected chi connectivity index (χ1v) is 10.4. The lowest BCUT2D eigenvalue weighted by Crippen LogP contribution is -2.16. The number of rotatable bonds is 6. The smallest absolute Gasteiger partial charge is 0.341 e. The molecule has 4 rings (SSSR count). The van der Waals surface area contributed by atoms with Crippen molar-refractivity contribution in [2.45, 2.75) is 19.3 Å². The van der Waals surface area contributed by atoms with E-state index in [0.717, 1.165) is 12.0 Å². The Balaban J connectivity index is 1.58. The number of amides is 1. The highest BCUT2D eigenvalue weighted by Crippen LogP contribution is 2.48. The Bertz CT molecular complexity index is 1030. The number of halogens is 1. The lowest BCUT2D eigenvalue weighted by atomic mass is 10.0. The van der Waals surface area contributed by atoms with Crippen molar-refractivity contribution >= 4 is 28.2 Å². The molecule has 4 nitrogen and oxygen atoms in total. The SMILES string of the molecule is CCOC(=O)c1c(-c2ccc(F)cc2)csc1NC(=O)[C@@H]1C[C@H]1c1ccccc1. The monoisotopic (exact) mass is 409 g/mol. The van der Waals surface area contributed by atoms with Gasteiger partial charge in [0, 0.05) is 16.9 Å². The summed E-state index contributed by atoms with van der Waals surface area (Å²) in [5, 5.41) is 5.17. The highest BCUT2D eigenvalue weighted by molar-refractivity contribution is 7.15. The van der Waals surface area contributed by atoms with Crippen LogP contribution in [0.1, 0.15) is 35.2 Å². The molecule has 0 unspecified atom stereocenters. The van der Waals surface area contributed by atoms with E-state index in [-0.39, 0.29) is 30.2 Å². The molecule has 1 amide bonds. The van der Waals surface area contributed by atoms with Crippen LogP contribution in [-0.4, -0.2) is 18.5 Å². The molecule has 0 spiro atoms. The second-order valence-electron chi connectivity index (χ2n) is 6.93. The van der Waals surface area contributed by atoms with Crippen LogP contribution >= 0.6 is 11.3 Å². The molecule has 1 saturated carbocycles. The molecule has 0 radical (unpaired) electrons. The zero-order chi connectivity index (χ0) is 20.4. The fraction of sp³-hybridized carbons (Fsp3) is 0.217. The topological polar surface area (TPSA) is 55.4 Å². The molecule has 0 saturated heterocycles. The predicted molar refractivity (Wildman–Crippen MR) is 112 cm³/mol. The van der Waals surface area contributed by atoms with E-state index in [1.807, 2.05) is 30.3 Å². The predicted octanol–water partition coefficient (Wildman–Crippen LogP) is 5.47. The fourth-order valence-electron chi connectivity index (χ4n) is 3.46. The van der Waals surface area contributed by atoms with Gasteiger partial charge in [0.25, 0.3) is 0 Å². The number of ether oxygens (including phenoxy) is 1. The number of hydrogen-bond donors (Lipinski definition) is 1. The van der Waals surface area contributed by atoms with Gasteiger partial charge in [-0.2, -0.15) is 0 Å². The van der Waals surface area contributed by atoms with Crippen molar-refractivity contribution in [2.75, 3.05) is 11.9 Å². The Labute approximate surface area is 172 Å². The number of hydrogen-bond acceptors (Lipinski definition) is 4. The lowest BCUT2D eigenvalue weighted by Gasteiger charge is -2.09. The molecule has 2 atom stereocenters. The van der Waals surface area contributed by atoms with Crippen LogP contribution < -0.4 is 5.32 Å². The lowest BCUT2D eigenvalue weighted by molar-refractivity contribution is -0.117. The average Bonchev–Trinajstić information content (AvgIpc) is 3.43. The number of thiophene rings is 1. The van der Waals surface area contributed by atoms with E-state index in [9.17, 15) is 14.0 Å². The van der Waals surface area contributed by atoms with Gasteiger partial charge >= 0.3 is 5.97 Å². The zero-order valence-corrected chi connectivity index (χ0v) is 16.7. The van der Waals surface area contributed by atoms with Gasteiger partial charge in [-0.15, -0.1) is 11.3 Å². The first-order chi connectivity index (χ1) is 14.1. The van der Waals surface area contributed by atoms with E-state index in [4.69, 9.17) is 4.74 Å². The van der Waals surface area contributed by atoms with Crippen molar-refractivity contribution in [1.82, 2.24) is 0 Å². The summed E-state index contributed by atoms with van der Waals surface area (Å²) in [6, 6.07) is 15.8. The van der Waals surface area contributed by atoms with Crippen LogP contribution in [0.25, 0.3) is 11.1 Å². The fourth-order valence-corrected chi connectivity index (χ4v) is 4.42. The number of anilines is 1. The Morgan fingerprint density at radius 1 is 1.14 bits per heavy atom. The third kappa shape index (κ3) is 4.07. The molecule has 1 fully saturated rings. The van der Waals surface area contributed by atoms with E-state index >= 15 is 0 Å². The van der Waals surface area contributed by atoms with Gasteiger partial charge < -0.3 is 10.1 Å². The van der Waals surface area contributed by atoms with Crippen LogP contribution in [0.3, 0.4) is 0 Å². The Morgan fingerprint density at radius 3 is 2.55 bits per heavy atom. The second kappa shape index (κ2) is 8.17. The molecular formula is C23H20FNO3S. The minimum atomic E-state index is -0.501. The number of esters is 1. The molecule has 148 valence electrons. The van der Waals surface area contributed by atoms with Crippen molar-refractivity contribution in [3.63, 3.8) is 0 Å². The first kappa shape index (κ1) is 19.3. The van der Waals surface area contributed by atoms with E-state index in [0.29, 0.717) is 21.7 Å². The van der Waals surface area contributed by atoms with Gasteiger partial charge in [-0.25, -0.2) is 9.18 Å². The summed E-state index contributed by atoms with van der Waals surface area (Å²) in [7, 11) is 0. The van der Waals surface area contributed by atoms with E-state index in [2.05, 4.69) is 5.32 Å². The molecule has 2 aromatic carbocycles. The summed E-state index contributed by atoms with van der Waals surface area (Å²) in [5.74, 6) is -0.853. The standard InChI is InChI=1S/C23H20FNO3S/c1-2-28-23(27)20-19(15-8-10-16(24)11-9-15)13-29-22(20)25-21(26)18-12-17(18)14-6-4-3-5-7-14/h3-11,13,17-18H,2,12H2,1H3,(H,25,26)/t17-,18+/m0/s1. The van der Waals surface area contributed by atoms with Gasteiger partial charge in [-0.1, -0.05) is 42.5 Å². The largest absolute Gasteiger partial charge is 0.462 e. The highest BCUT2D eigenvalue weighted by atomic mass is 32.1. The van der Waals surface area contributed by atoms with E-state index in [1.165, 1.54) is 23.5 Å². The molecule has 3 aromatic rings. The molecule has 6 heteroatoms. The average molecular weight is 409 g/mol. The number of nitrogens with one attached hydrogen (secondary N) is 1. The molecular weight excluding hydrogens is 389 g/mol. The summed E-state index contributed by atoms with van der Waals surface area (Å²) >= 11 is 1.27. The second-order valence-corrected chi connectivity index (χ2v) is 7.81. The van der Waals surface area contributed by atoms with Crippen LogP contribution in [0.2, 0.25) is 0 Å². The van der Waals surface area contributed by atoms with Crippen LogP contribution in [0, 0.1) is 11.7 Å². The maximum atomic E-state index is 13.3.